The van der Waals surface area contributed by atoms with Crippen molar-refractivity contribution in [2.24, 2.45) is 5.73 Å². The van der Waals surface area contributed by atoms with Gasteiger partial charge in [0.2, 0.25) is 0 Å². The summed E-state index contributed by atoms with van der Waals surface area (Å²) in [7, 11) is 1.50. The van der Waals surface area contributed by atoms with E-state index in [1.807, 2.05) is 0 Å². The van der Waals surface area contributed by atoms with E-state index in [0.717, 1.165) is 0 Å². The second-order valence-corrected chi connectivity index (χ2v) is 3.68. The summed E-state index contributed by atoms with van der Waals surface area (Å²) in [4.78, 5) is 3.94. The molecule has 17 heavy (non-hydrogen) atoms. The molecule has 0 aliphatic carbocycles. The van der Waals surface area contributed by atoms with Gasteiger partial charge in [-0.3, -0.25) is 0 Å². The minimum Gasteiger partial charge on any atom is -0.497 e. The van der Waals surface area contributed by atoms with Gasteiger partial charge in [0.15, 0.2) is 6.39 Å². The van der Waals surface area contributed by atoms with Gasteiger partial charge >= 0.3 is 0 Å². The number of benzene rings is 1. The summed E-state index contributed by atoms with van der Waals surface area (Å²) in [5, 5.41) is 0. The van der Waals surface area contributed by atoms with Gasteiger partial charge in [-0.25, -0.2) is 9.37 Å². The van der Waals surface area contributed by atoms with Crippen LogP contribution >= 0.6 is 0 Å². The van der Waals surface area contributed by atoms with E-state index in [1.54, 1.807) is 12.1 Å². The quantitative estimate of drug-likeness (QED) is 0.882. The van der Waals surface area contributed by atoms with Crippen LogP contribution in [0.15, 0.2) is 35.3 Å². The normalized spacial score (nSPS) is 12.4. The van der Waals surface area contributed by atoms with Crippen LogP contribution in [0.2, 0.25) is 0 Å². The van der Waals surface area contributed by atoms with Crippen molar-refractivity contribution in [2.45, 2.75) is 12.5 Å². The fourth-order valence-electron chi connectivity index (χ4n) is 1.57. The van der Waals surface area contributed by atoms with E-state index < -0.39 is 0 Å². The molecular formula is C12H13FN2O2. The minimum atomic E-state index is -0.378. The largest absolute Gasteiger partial charge is 0.497 e. The van der Waals surface area contributed by atoms with Crippen molar-refractivity contribution in [3.05, 3.63) is 47.9 Å². The predicted molar refractivity (Wildman–Crippen MR) is 60.1 cm³/mol. The number of halogens is 1. The second-order valence-electron chi connectivity index (χ2n) is 3.68. The van der Waals surface area contributed by atoms with Crippen LogP contribution in [0.3, 0.4) is 0 Å². The maximum absolute atomic E-state index is 13.7. The SMILES string of the molecule is COc1ccc(CC(N)c2cocn2)c(F)c1. The fourth-order valence-corrected chi connectivity index (χ4v) is 1.57. The summed E-state index contributed by atoms with van der Waals surface area (Å²) >= 11 is 0. The average molecular weight is 236 g/mol. The van der Waals surface area contributed by atoms with Gasteiger partial charge in [0.05, 0.1) is 18.8 Å². The van der Waals surface area contributed by atoms with E-state index in [4.69, 9.17) is 14.9 Å². The van der Waals surface area contributed by atoms with E-state index in [1.165, 1.54) is 25.8 Å². The van der Waals surface area contributed by atoms with E-state index in [2.05, 4.69) is 4.98 Å². The van der Waals surface area contributed by atoms with Crippen LogP contribution in [0.4, 0.5) is 4.39 Å². The third-order valence-corrected chi connectivity index (χ3v) is 2.53. The van der Waals surface area contributed by atoms with Crippen LogP contribution in [0, 0.1) is 5.82 Å². The van der Waals surface area contributed by atoms with Gasteiger partial charge < -0.3 is 14.9 Å². The van der Waals surface area contributed by atoms with Gasteiger partial charge in [-0.1, -0.05) is 6.07 Å². The Kier molecular flexibility index (Phi) is 3.39. The lowest BCUT2D eigenvalue weighted by Gasteiger charge is -2.10. The van der Waals surface area contributed by atoms with Crippen molar-refractivity contribution in [1.82, 2.24) is 4.98 Å². The van der Waals surface area contributed by atoms with Crippen molar-refractivity contribution < 1.29 is 13.5 Å². The number of oxazole rings is 1. The Morgan fingerprint density at radius 2 is 2.35 bits per heavy atom. The van der Waals surface area contributed by atoms with Crippen LogP contribution in [0.5, 0.6) is 5.75 Å². The molecule has 0 saturated heterocycles. The van der Waals surface area contributed by atoms with Gasteiger partial charge in [-0.05, 0) is 18.1 Å². The van der Waals surface area contributed by atoms with Crippen molar-refractivity contribution >= 4 is 0 Å². The van der Waals surface area contributed by atoms with Crippen LogP contribution in [0.1, 0.15) is 17.3 Å². The minimum absolute atomic E-state index is 0.330. The number of aromatic nitrogens is 1. The highest BCUT2D eigenvalue weighted by atomic mass is 19.1. The molecular weight excluding hydrogens is 223 g/mol. The lowest BCUT2D eigenvalue weighted by atomic mass is 10.0. The molecule has 2 aromatic rings. The standard InChI is InChI=1S/C12H13FN2O2/c1-16-9-3-2-8(10(13)5-9)4-11(14)12-6-17-7-15-12/h2-3,5-7,11H,4,14H2,1H3. The highest BCUT2D eigenvalue weighted by Crippen LogP contribution is 2.20. The zero-order chi connectivity index (χ0) is 12.3. The Bertz CT molecular complexity index is 485. The monoisotopic (exact) mass is 236 g/mol. The maximum atomic E-state index is 13.7. The zero-order valence-corrected chi connectivity index (χ0v) is 9.39. The molecule has 0 radical (unpaired) electrons. The molecule has 0 bridgehead atoms. The van der Waals surface area contributed by atoms with Gasteiger partial charge in [0.1, 0.15) is 17.8 Å². The Labute approximate surface area is 98.2 Å². The predicted octanol–water partition coefficient (Wildman–Crippen LogP) is 2.06. The number of hydrogen-bond donors (Lipinski definition) is 1. The third-order valence-electron chi connectivity index (χ3n) is 2.53. The number of nitrogens with zero attached hydrogens (tertiary/aromatic N) is 1. The molecule has 1 aromatic heterocycles. The number of hydrogen-bond acceptors (Lipinski definition) is 4. The molecule has 0 amide bonds. The summed E-state index contributed by atoms with van der Waals surface area (Å²) in [5.41, 5.74) is 7.03. The summed E-state index contributed by atoms with van der Waals surface area (Å²) in [6, 6.07) is 4.32. The van der Waals surface area contributed by atoms with E-state index >= 15 is 0 Å². The Balaban J connectivity index is 2.13. The molecule has 0 saturated carbocycles. The van der Waals surface area contributed by atoms with Crippen LogP contribution in [0.25, 0.3) is 0 Å². The first-order valence-corrected chi connectivity index (χ1v) is 5.17. The molecule has 5 heteroatoms. The summed E-state index contributed by atoms with van der Waals surface area (Å²) in [5.74, 6) is 0.157. The molecule has 2 N–H and O–H groups in total. The third kappa shape index (κ3) is 2.62. The first-order valence-electron chi connectivity index (χ1n) is 5.17. The van der Waals surface area contributed by atoms with Crippen LogP contribution < -0.4 is 10.5 Å². The highest BCUT2D eigenvalue weighted by Gasteiger charge is 2.13. The molecule has 1 unspecified atom stereocenters. The summed E-state index contributed by atoms with van der Waals surface area (Å²) in [6.45, 7) is 0. The first-order chi connectivity index (χ1) is 8.20. The zero-order valence-electron chi connectivity index (χ0n) is 9.39. The number of ether oxygens (including phenoxy) is 1. The van der Waals surface area contributed by atoms with Gasteiger partial charge in [-0.2, -0.15) is 0 Å². The summed E-state index contributed by atoms with van der Waals surface area (Å²) in [6.07, 6.45) is 3.13. The van der Waals surface area contributed by atoms with Gasteiger partial charge in [0.25, 0.3) is 0 Å². The molecule has 0 aliphatic heterocycles. The Hall–Kier alpha value is -1.88. The molecule has 0 fully saturated rings. The van der Waals surface area contributed by atoms with Crippen molar-refractivity contribution in [3.8, 4) is 5.75 Å². The maximum Gasteiger partial charge on any atom is 0.180 e. The summed E-state index contributed by atoms with van der Waals surface area (Å²) < 4.78 is 23.4. The first kappa shape index (κ1) is 11.6. The number of methoxy groups -OCH3 is 1. The Morgan fingerprint density at radius 3 is 2.94 bits per heavy atom. The van der Waals surface area contributed by atoms with Crippen molar-refractivity contribution in [1.29, 1.82) is 0 Å². The molecule has 1 atom stereocenters. The van der Waals surface area contributed by atoms with Crippen molar-refractivity contribution in [2.75, 3.05) is 7.11 Å². The molecule has 1 heterocycles. The number of rotatable bonds is 4. The molecule has 0 aliphatic rings. The molecule has 2 rings (SSSR count). The highest BCUT2D eigenvalue weighted by molar-refractivity contribution is 5.29. The average Bonchev–Trinajstić information content (AvgIpc) is 2.85. The molecule has 0 spiro atoms. The van der Waals surface area contributed by atoms with E-state index in [0.29, 0.717) is 23.4 Å². The lowest BCUT2D eigenvalue weighted by Crippen LogP contribution is -2.14. The van der Waals surface area contributed by atoms with Crippen LogP contribution in [-0.4, -0.2) is 12.1 Å². The van der Waals surface area contributed by atoms with Crippen LogP contribution in [-0.2, 0) is 6.42 Å². The van der Waals surface area contributed by atoms with E-state index in [-0.39, 0.29) is 11.9 Å². The van der Waals surface area contributed by atoms with Crippen molar-refractivity contribution in [3.63, 3.8) is 0 Å². The Morgan fingerprint density at radius 1 is 1.53 bits per heavy atom. The van der Waals surface area contributed by atoms with E-state index in [9.17, 15) is 4.39 Å². The number of nitrogens with two attached hydrogens (primary N) is 1. The molecule has 90 valence electrons. The van der Waals surface area contributed by atoms with Gasteiger partial charge in [0, 0.05) is 6.07 Å². The second kappa shape index (κ2) is 4.97. The molecule has 4 nitrogen and oxygen atoms in total. The smallest absolute Gasteiger partial charge is 0.180 e. The topological polar surface area (TPSA) is 61.3 Å². The lowest BCUT2D eigenvalue weighted by molar-refractivity contribution is 0.410. The van der Waals surface area contributed by atoms with Gasteiger partial charge in [-0.15, -0.1) is 0 Å². The molecule has 1 aromatic carbocycles. The fraction of sp³-hybridized carbons (Fsp3) is 0.250.